The zero-order chi connectivity index (χ0) is 26.3. The number of nitrogens with one attached hydrogen (secondary N) is 2. The SMILES string of the molecule is C=CC(=O)N1CCC2(CC(Cn3c(NC(=O)c4ccc(-c5ccnc(NC)n5)s4)nc4ccccc43)C2)C1. The van der Waals surface area contributed by atoms with Crippen molar-refractivity contribution in [2.45, 2.75) is 25.8 Å². The second kappa shape index (κ2) is 9.68. The minimum absolute atomic E-state index is 0.0230. The predicted octanol–water partition coefficient (Wildman–Crippen LogP) is 4.66. The highest BCUT2D eigenvalue weighted by molar-refractivity contribution is 7.17. The Kier molecular flexibility index (Phi) is 6.19. The largest absolute Gasteiger partial charge is 0.357 e. The number of carbonyl (C=O) groups excluding carboxylic acids is 2. The molecule has 38 heavy (non-hydrogen) atoms. The number of anilines is 2. The van der Waals surface area contributed by atoms with Crippen LogP contribution in [-0.2, 0) is 11.3 Å². The van der Waals surface area contributed by atoms with Crippen LogP contribution < -0.4 is 10.6 Å². The zero-order valence-corrected chi connectivity index (χ0v) is 22.0. The molecule has 1 aromatic carbocycles. The lowest BCUT2D eigenvalue weighted by molar-refractivity contribution is -0.125. The fourth-order valence-electron chi connectivity index (χ4n) is 5.87. The number of carbonyl (C=O) groups is 2. The van der Waals surface area contributed by atoms with Gasteiger partial charge in [0.05, 0.1) is 26.5 Å². The average Bonchev–Trinajstić information content (AvgIpc) is 3.66. The van der Waals surface area contributed by atoms with E-state index >= 15 is 0 Å². The lowest BCUT2D eigenvalue weighted by Gasteiger charge is -2.45. The second-order valence-electron chi connectivity index (χ2n) is 10.2. The van der Waals surface area contributed by atoms with Gasteiger partial charge in [-0.15, -0.1) is 11.3 Å². The van der Waals surface area contributed by atoms with Gasteiger partial charge in [-0.3, -0.25) is 14.9 Å². The first-order valence-corrected chi connectivity index (χ1v) is 13.6. The molecule has 0 atom stereocenters. The van der Waals surface area contributed by atoms with Crippen molar-refractivity contribution in [1.29, 1.82) is 0 Å². The highest BCUT2D eigenvalue weighted by Crippen LogP contribution is 2.52. The van der Waals surface area contributed by atoms with E-state index in [-0.39, 0.29) is 17.2 Å². The van der Waals surface area contributed by atoms with Gasteiger partial charge >= 0.3 is 0 Å². The molecule has 0 unspecified atom stereocenters. The third kappa shape index (κ3) is 4.45. The van der Waals surface area contributed by atoms with Gasteiger partial charge in [0.1, 0.15) is 0 Å². The maximum atomic E-state index is 13.3. The first-order chi connectivity index (χ1) is 18.5. The van der Waals surface area contributed by atoms with Crippen molar-refractivity contribution in [2.24, 2.45) is 11.3 Å². The quantitative estimate of drug-likeness (QED) is 0.339. The van der Waals surface area contributed by atoms with E-state index in [0.29, 0.717) is 22.7 Å². The summed E-state index contributed by atoms with van der Waals surface area (Å²) in [6.07, 6.45) is 6.28. The molecule has 3 aromatic heterocycles. The molecule has 4 aromatic rings. The van der Waals surface area contributed by atoms with Crippen LogP contribution in [0.15, 0.2) is 61.3 Å². The number of aromatic nitrogens is 4. The molecule has 2 amide bonds. The van der Waals surface area contributed by atoms with E-state index in [1.165, 1.54) is 17.4 Å². The highest BCUT2D eigenvalue weighted by atomic mass is 32.1. The number of likely N-dealkylation sites (tertiary alicyclic amines) is 1. The minimum atomic E-state index is -0.194. The van der Waals surface area contributed by atoms with Gasteiger partial charge in [-0.05, 0) is 67.0 Å². The van der Waals surface area contributed by atoms with E-state index in [1.807, 2.05) is 47.4 Å². The van der Waals surface area contributed by atoms with Gasteiger partial charge in [-0.1, -0.05) is 18.7 Å². The summed E-state index contributed by atoms with van der Waals surface area (Å²) in [5.74, 6) is 1.39. The van der Waals surface area contributed by atoms with Crippen LogP contribution in [0.1, 0.15) is 28.9 Å². The average molecular weight is 528 g/mol. The van der Waals surface area contributed by atoms with E-state index < -0.39 is 0 Å². The molecule has 1 saturated heterocycles. The number of thiophene rings is 1. The summed E-state index contributed by atoms with van der Waals surface area (Å²) in [4.78, 5) is 42.1. The van der Waals surface area contributed by atoms with Crippen molar-refractivity contribution in [3.05, 3.63) is 66.2 Å². The number of fused-ring (bicyclic) bond motifs is 1. The molecule has 6 rings (SSSR count). The van der Waals surface area contributed by atoms with E-state index in [1.54, 1.807) is 13.2 Å². The van der Waals surface area contributed by atoms with Crippen LogP contribution in [0.25, 0.3) is 21.6 Å². The fraction of sp³-hybridized carbons (Fsp3) is 0.321. The third-order valence-corrected chi connectivity index (χ3v) is 8.76. The molecular formula is C28H29N7O2S. The third-order valence-electron chi connectivity index (χ3n) is 7.65. The summed E-state index contributed by atoms with van der Waals surface area (Å²) in [6.45, 7) is 6.02. The Bertz CT molecular complexity index is 1530. The first-order valence-electron chi connectivity index (χ1n) is 12.8. The van der Waals surface area contributed by atoms with Crippen molar-refractivity contribution >= 4 is 46.1 Å². The van der Waals surface area contributed by atoms with Crippen LogP contribution in [0.4, 0.5) is 11.9 Å². The maximum Gasteiger partial charge on any atom is 0.268 e. The van der Waals surface area contributed by atoms with Gasteiger partial charge in [0.15, 0.2) is 0 Å². The maximum absolute atomic E-state index is 13.3. The number of nitrogens with zero attached hydrogens (tertiary/aromatic N) is 5. The van der Waals surface area contributed by atoms with Gasteiger partial charge in [0.25, 0.3) is 5.91 Å². The van der Waals surface area contributed by atoms with Crippen LogP contribution in [-0.4, -0.2) is 56.4 Å². The van der Waals surface area contributed by atoms with E-state index in [2.05, 4.69) is 31.7 Å². The Morgan fingerprint density at radius 3 is 2.84 bits per heavy atom. The zero-order valence-electron chi connectivity index (χ0n) is 21.2. The van der Waals surface area contributed by atoms with E-state index in [9.17, 15) is 9.59 Å². The van der Waals surface area contributed by atoms with Gasteiger partial charge in [0, 0.05) is 32.9 Å². The number of rotatable bonds is 7. The molecule has 0 bridgehead atoms. The molecule has 2 aliphatic rings. The Balaban J connectivity index is 1.19. The van der Waals surface area contributed by atoms with Crippen LogP contribution in [0.3, 0.4) is 0 Å². The van der Waals surface area contributed by atoms with Gasteiger partial charge < -0.3 is 14.8 Å². The lowest BCUT2D eigenvalue weighted by Crippen LogP contribution is -2.42. The van der Waals surface area contributed by atoms with Crippen LogP contribution >= 0.6 is 11.3 Å². The Morgan fingerprint density at radius 1 is 1.18 bits per heavy atom. The van der Waals surface area contributed by atoms with Crippen molar-refractivity contribution in [3.63, 3.8) is 0 Å². The molecule has 1 aliphatic carbocycles. The van der Waals surface area contributed by atoms with E-state index in [0.717, 1.165) is 60.5 Å². The number of imidazole rings is 1. The Hall–Kier alpha value is -4.05. The van der Waals surface area contributed by atoms with E-state index in [4.69, 9.17) is 4.98 Å². The van der Waals surface area contributed by atoms with Crippen molar-refractivity contribution in [3.8, 4) is 10.6 Å². The summed E-state index contributed by atoms with van der Waals surface area (Å²) in [6, 6.07) is 13.5. The molecular weight excluding hydrogens is 498 g/mol. The summed E-state index contributed by atoms with van der Waals surface area (Å²) >= 11 is 1.39. The number of amides is 2. The standard InChI is InChI=1S/C28H29N7O2S/c1-3-24(36)34-13-11-28(17-34)14-18(15-28)16-35-21-7-5-4-6-19(21)32-27(35)33-25(37)23-9-8-22(38-23)20-10-12-30-26(29-2)31-20/h3-10,12,18H,1,11,13-17H2,2H3,(H,29,30,31)(H,32,33,37). The minimum Gasteiger partial charge on any atom is -0.357 e. The lowest BCUT2D eigenvalue weighted by atomic mass is 9.61. The summed E-state index contributed by atoms with van der Waals surface area (Å²) in [5, 5.41) is 6.00. The predicted molar refractivity (Wildman–Crippen MR) is 149 cm³/mol. The fourth-order valence-corrected chi connectivity index (χ4v) is 6.74. The first kappa shape index (κ1) is 24.3. The molecule has 4 heterocycles. The smallest absolute Gasteiger partial charge is 0.268 e. The van der Waals surface area contributed by atoms with Crippen LogP contribution in [0, 0.1) is 11.3 Å². The highest BCUT2D eigenvalue weighted by Gasteiger charge is 2.49. The topological polar surface area (TPSA) is 105 Å². The number of benzene rings is 1. The Morgan fingerprint density at radius 2 is 2.03 bits per heavy atom. The molecule has 9 nitrogen and oxygen atoms in total. The number of para-hydroxylation sites is 2. The van der Waals surface area contributed by atoms with Crippen molar-refractivity contribution < 1.29 is 9.59 Å². The molecule has 2 N–H and O–H groups in total. The molecule has 194 valence electrons. The number of hydrogen-bond acceptors (Lipinski definition) is 7. The Labute approximate surface area is 224 Å². The van der Waals surface area contributed by atoms with Gasteiger partial charge in [-0.25, -0.2) is 15.0 Å². The van der Waals surface area contributed by atoms with Gasteiger partial charge in [0.2, 0.25) is 17.8 Å². The monoisotopic (exact) mass is 527 g/mol. The van der Waals surface area contributed by atoms with Crippen molar-refractivity contribution in [1.82, 2.24) is 24.4 Å². The van der Waals surface area contributed by atoms with Gasteiger partial charge in [-0.2, -0.15) is 0 Å². The number of hydrogen-bond donors (Lipinski definition) is 2. The molecule has 10 heteroatoms. The molecule has 1 spiro atoms. The second-order valence-corrected chi connectivity index (χ2v) is 11.2. The van der Waals surface area contributed by atoms with Crippen LogP contribution in [0.5, 0.6) is 0 Å². The van der Waals surface area contributed by atoms with Crippen molar-refractivity contribution in [2.75, 3.05) is 30.8 Å². The molecule has 1 saturated carbocycles. The molecule has 0 radical (unpaired) electrons. The molecule has 2 fully saturated rings. The molecule has 1 aliphatic heterocycles. The normalized spacial score (nSPS) is 20.4. The summed E-state index contributed by atoms with van der Waals surface area (Å²) < 4.78 is 2.13. The summed E-state index contributed by atoms with van der Waals surface area (Å²) in [5.41, 5.74) is 2.84. The van der Waals surface area contributed by atoms with Crippen LogP contribution in [0.2, 0.25) is 0 Å². The summed E-state index contributed by atoms with van der Waals surface area (Å²) in [7, 11) is 1.77.